The number of rotatable bonds is 0. The maximum Gasteiger partial charge on any atom is 0.352 e. The zero-order chi connectivity index (χ0) is 13.7. The van der Waals surface area contributed by atoms with Gasteiger partial charge in [0.05, 0.1) is 0 Å². The molecule has 19 heavy (non-hydrogen) atoms. The molecule has 0 N–H and O–H groups in total. The summed E-state index contributed by atoms with van der Waals surface area (Å²) in [6.45, 7) is 0. The molecule has 0 radical (unpaired) electrons. The summed E-state index contributed by atoms with van der Waals surface area (Å²) in [5.74, 6) is 0.0850. The largest absolute Gasteiger partial charge is 0.618 e. The second-order valence-corrected chi connectivity index (χ2v) is 4.27. The lowest BCUT2D eigenvalue weighted by atomic mass is 10.2. The summed E-state index contributed by atoms with van der Waals surface area (Å²) in [4.78, 5) is 27.4. The highest BCUT2D eigenvalue weighted by molar-refractivity contribution is 5.74. The molecule has 0 fully saturated rings. The highest BCUT2D eigenvalue weighted by Crippen LogP contribution is 2.16. The van der Waals surface area contributed by atoms with E-state index in [1.807, 2.05) is 0 Å². The highest BCUT2D eigenvalue weighted by atomic mass is 16.5. The molecule has 2 aliphatic heterocycles. The lowest BCUT2D eigenvalue weighted by molar-refractivity contribution is -0.566. The Labute approximate surface area is 106 Å². The molecule has 0 saturated carbocycles. The van der Waals surface area contributed by atoms with Crippen LogP contribution in [0, 0.1) is 5.21 Å². The van der Waals surface area contributed by atoms with Gasteiger partial charge in [0.2, 0.25) is 11.3 Å². The van der Waals surface area contributed by atoms with Gasteiger partial charge in [0.1, 0.15) is 5.52 Å². The smallest absolute Gasteiger partial charge is 0.352 e. The Morgan fingerprint density at radius 1 is 1.16 bits per heavy atom. The van der Waals surface area contributed by atoms with Crippen molar-refractivity contribution in [2.24, 2.45) is 14.1 Å². The first kappa shape index (κ1) is 11.4. The summed E-state index contributed by atoms with van der Waals surface area (Å²) in [6.07, 6.45) is 0. The lowest BCUT2D eigenvalue weighted by Crippen LogP contribution is -2.45. The zero-order valence-corrected chi connectivity index (χ0v) is 10.3. The Balaban J connectivity index is 2.73. The van der Waals surface area contributed by atoms with E-state index in [0.717, 1.165) is 4.57 Å². The zero-order valence-electron chi connectivity index (χ0n) is 10.3. The Morgan fingerprint density at radius 3 is 2.58 bits per heavy atom. The molecule has 0 aromatic heterocycles. The van der Waals surface area contributed by atoms with Crippen LogP contribution in [0.5, 0.6) is 0 Å². The van der Waals surface area contributed by atoms with E-state index in [0.29, 0.717) is 15.8 Å². The molecule has 0 atom stereocenters. The molecule has 0 unspecified atom stereocenters. The van der Waals surface area contributed by atoms with Crippen LogP contribution in [-0.2, 0) is 14.1 Å². The van der Waals surface area contributed by atoms with Gasteiger partial charge in [-0.2, -0.15) is 9.71 Å². The van der Waals surface area contributed by atoms with Gasteiger partial charge in [0.25, 0.3) is 0 Å². The number of fused-ring (bicyclic) bond motifs is 2. The molecule has 2 aliphatic rings. The molecule has 0 saturated heterocycles. The van der Waals surface area contributed by atoms with Crippen LogP contribution in [0.1, 0.15) is 0 Å². The normalized spacial score (nSPS) is 11.3. The van der Waals surface area contributed by atoms with Crippen molar-refractivity contribution >= 4 is 11.0 Å². The predicted octanol–water partition coefficient (Wildman–Crippen LogP) is -0.630. The maximum absolute atomic E-state index is 12.3. The van der Waals surface area contributed by atoms with Gasteiger partial charge in [-0.25, -0.2) is 4.79 Å². The SMILES string of the molecule is Cn1c(=O)nc2n(C)c3ccccc3[n+]([O-])c-2c1=O. The van der Waals surface area contributed by atoms with Crippen LogP contribution < -0.4 is 16.0 Å². The fourth-order valence-electron chi connectivity index (χ4n) is 2.13. The van der Waals surface area contributed by atoms with Crippen molar-refractivity contribution in [1.29, 1.82) is 0 Å². The molecule has 2 heterocycles. The third kappa shape index (κ3) is 1.38. The Kier molecular flexibility index (Phi) is 2.19. The van der Waals surface area contributed by atoms with E-state index in [1.54, 1.807) is 35.9 Å². The van der Waals surface area contributed by atoms with Gasteiger partial charge in [-0.05, 0) is 6.07 Å². The summed E-state index contributed by atoms with van der Waals surface area (Å²) >= 11 is 0. The van der Waals surface area contributed by atoms with Gasteiger partial charge >= 0.3 is 16.9 Å². The monoisotopic (exact) mass is 258 g/mol. The molecule has 96 valence electrons. The number of aromatic nitrogens is 4. The lowest BCUT2D eigenvalue weighted by Gasteiger charge is -2.14. The van der Waals surface area contributed by atoms with Crippen molar-refractivity contribution in [3.05, 3.63) is 50.3 Å². The summed E-state index contributed by atoms with van der Waals surface area (Å²) < 4.78 is 2.92. The van der Waals surface area contributed by atoms with Crippen LogP contribution in [0.3, 0.4) is 0 Å². The molecule has 7 nitrogen and oxygen atoms in total. The molecule has 0 amide bonds. The minimum absolute atomic E-state index is 0.0850. The van der Waals surface area contributed by atoms with Gasteiger partial charge in [0.15, 0.2) is 0 Å². The molecule has 0 bridgehead atoms. The van der Waals surface area contributed by atoms with E-state index < -0.39 is 11.2 Å². The standard InChI is InChI=1S/C12H10N4O3/c1-14-7-5-3-4-6-8(7)16(19)9-10(14)13-12(18)15(2)11(9)17/h3-6H,1-2H3. The van der Waals surface area contributed by atoms with E-state index in [1.165, 1.54) is 7.05 Å². The number of benzene rings is 1. The van der Waals surface area contributed by atoms with E-state index >= 15 is 0 Å². The third-order valence-corrected chi connectivity index (χ3v) is 3.19. The number of nitrogens with zero attached hydrogens (tertiary/aromatic N) is 4. The first-order valence-corrected chi connectivity index (χ1v) is 5.60. The second kappa shape index (κ2) is 3.64. The van der Waals surface area contributed by atoms with Gasteiger partial charge in [-0.15, -0.1) is 0 Å². The van der Waals surface area contributed by atoms with Crippen LogP contribution in [0.2, 0.25) is 0 Å². The van der Waals surface area contributed by atoms with E-state index in [-0.39, 0.29) is 11.5 Å². The molecule has 0 spiro atoms. The molecular weight excluding hydrogens is 248 g/mol. The maximum atomic E-state index is 12.3. The molecule has 0 aliphatic carbocycles. The van der Waals surface area contributed by atoms with E-state index in [9.17, 15) is 14.8 Å². The molecular formula is C12H10N4O3. The van der Waals surface area contributed by atoms with Crippen molar-refractivity contribution in [3.63, 3.8) is 0 Å². The quantitative estimate of drug-likeness (QED) is 0.305. The van der Waals surface area contributed by atoms with Gasteiger partial charge < -0.3 is 9.77 Å². The van der Waals surface area contributed by atoms with Crippen LogP contribution >= 0.6 is 0 Å². The summed E-state index contributed by atoms with van der Waals surface area (Å²) in [5.41, 5.74) is -0.502. The number of para-hydroxylation sites is 2. The Morgan fingerprint density at radius 2 is 1.84 bits per heavy atom. The van der Waals surface area contributed by atoms with Gasteiger partial charge in [0, 0.05) is 20.2 Å². The first-order valence-electron chi connectivity index (χ1n) is 5.60. The van der Waals surface area contributed by atoms with E-state index in [4.69, 9.17) is 0 Å². The average molecular weight is 258 g/mol. The van der Waals surface area contributed by atoms with Crippen molar-refractivity contribution in [3.8, 4) is 11.5 Å². The highest BCUT2D eigenvalue weighted by Gasteiger charge is 2.27. The summed E-state index contributed by atoms with van der Waals surface area (Å²) in [5, 5.41) is 12.3. The van der Waals surface area contributed by atoms with Crippen LogP contribution in [0.15, 0.2) is 33.9 Å². The van der Waals surface area contributed by atoms with Crippen molar-refractivity contribution in [1.82, 2.24) is 14.1 Å². The number of hydrogen-bond acceptors (Lipinski definition) is 4. The topological polar surface area (TPSA) is 83.8 Å². The van der Waals surface area contributed by atoms with Gasteiger partial charge in [-0.3, -0.25) is 9.36 Å². The van der Waals surface area contributed by atoms with Crippen LogP contribution in [-0.4, -0.2) is 14.1 Å². The van der Waals surface area contributed by atoms with Crippen molar-refractivity contribution in [2.45, 2.75) is 0 Å². The fraction of sp³-hybridized carbons (Fsp3) is 0.167. The molecule has 7 heteroatoms. The van der Waals surface area contributed by atoms with Crippen LogP contribution in [0.4, 0.5) is 0 Å². The first-order chi connectivity index (χ1) is 9.02. The summed E-state index contributed by atoms with van der Waals surface area (Å²) in [6, 6.07) is 6.83. The minimum Gasteiger partial charge on any atom is -0.618 e. The van der Waals surface area contributed by atoms with Crippen molar-refractivity contribution in [2.75, 3.05) is 0 Å². The molecule has 3 rings (SSSR count). The molecule has 1 aromatic rings. The van der Waals surface area contributed by atoms with Gasteiger partial charge in [-0.1, -0.05) is 12.1 Å². The number of aryl methyl sites for hydroxylation is 1. The Bertz CT molecular complexity index is 894. The van der Waals surface area contributed by atoms with Crippen LogP contribution in [0.25, 0.3) is 22.6 Å². The van der Waals surface area contributed by atoms with Crippen molar-refractivity contribution < 1.29 is 4.73 Å². The summed E-state index contributed by atoms with van der Waals surface area (Å²) in [7, 11) is 2.96. The predicted molar refractivity (Wildman–Crippen MR) is 67.8 cm³/mol. The van der Waals surface area contributed by atoms with E-state index in [2.05, 4.69) is 4.98 Å². The average Bonchev–Trinajstić information content (AvgIpc) is 2.42. The third-order valence-electron chi connectivity index (χ3n) is 3.19. The molecule has 1 aromatic carbocycles. The second-order valence-electron chi connectivity index (χ2n) is 4.27. The minimum atomic E-state index is -0.677. The number of hydrogen-bond donors (Lipinski definition) is 0. The fourth-order valence-corrected chi connectivity index (χ4v) is 2.13. The Hall–Kier alpha value is -2.70.